The number of carboxylic acid groups (broad SMARTS) is 1. The SMILES string of the molecule is C[Si](C)(CCC[N+](CCCCS(=O)(=O)O)(CCCCS(=O)(=O)O)CCOCCOCCOCCOCCC(=O)O)O[SiH3]. The van der Waals surface area contributed by atoms with E-state index >= 15 is 0 Å². The Hall–Kier alpha value is -0.516. The number of carbonyl (C=O) groups is 1. The maximum absolute atomic E-state index is 11.2. The van der Waals surface area contributed by atoms with E-state index in [1.807, 2.05) is 0 Å². The number of unbranched alkanes of at least 4 members (excludes halogenated alkanes) is 2. The van der Waals surface area contributed by atoms with Crippen LogP contribution in [-0.2, 0) is 48.1 Å². The standard InChI is InChI=1S/C24H53NO13S2Si2/c1-42(2,38-41)23-7-11-25(9-3-5-21-39(28,29)30,10-4-6-22-40(31,32)33)12-14-35-16-18-37-20-19-36-17-15-34-13-8-24(26)27/h3-23H2,1-2,41H3,(H2-,26,27,28,29,30,31,32,33)/p+1. The lowest BCUT2D eigenvalue weighted by Crippen LogP contribution is -2.52. The molecule has 0 aromatic heterocycles. The average molecular weight is 685 g/mol. The van der Waals surface area contributed by atoms with Gasteiger partial charge >= 0.3 is 5.97 Å². The fraction of sp³-hybridized carbons (Fsp3) is 0.958. The Morgan fingerprint density at radius 1 is 0.667 bits per heavy atom. The number of aliphatic carboxylic acids is 1. The monoisotopic (exact) mass is 684 g/mol. The van der Waals surface area contributed by atoms with Gasteiger partial charge in [-0.2, -0.15) is 16.8 Å². The van der Waals surface area contributed by atoms with Gasteiger partial charge in [0.15, 0.2) is 8.32 Å². The zero-order valence-corrected chi connectivity index (χ0v) is 30.2. The Bertz CT molecular complexity index is 881. The Morgan fingerprint density at radius 3 is 1.48 bits per heavy atom. The molecule has 0 unspecified atom stereocenters. The third-order valence-corrected chi connectivity index (χ3v) is 14.4. The van der Waals surface area contributed by atoms with Crippen molar-refractivity contribution in [1.29, 1.82) is 0 Å². The van der Waals surface area contributed by atoms with Crippen LogP contribution < -0.4 is 0 Å². The van der Waals surface area contributed by atoms with Crippen LogP contribution in [0.4, 0.5) is 0 Å². The Kier molecular flexibility index (Phi) is 22.6. The molecule has 0 atom stereocenters. The minimum Gasteiger partial charge on any atom is -0.481 e. The van der Waals surface area contributed by atoms with Crippen LogP contribution in [0.25, 0.3) is 0 Å². The van der Waals surface area contributed by atoms with Crippen LogP contribution in [0.3, 0.4) is 0 Å². The molecule has 0 amide bonds. The molecule has 0 aliphatic rings. The van der Waals surface area contributed by atoms with Gasteiger partial charge in [-0.3, -0.25) is 13.9 Å². The van der Waals surface area contributed by atoms with Crippen molar-refractivity contribution in [3.8, 4) is 0 Å². The van der Waals surface area contributed by atoms with E-state index in [-0.39, 0.29) is 24.5 Å². The van der Waals surface area contributed by atoms with Gasteiger partial charge in [-0.15, -0.1) is 0 Å². The first kappa shape index (κ1) is 41.5. The second-order valence-electron chi connectivity index (χ2n) is 10.9. The van der Waals surface area contributed by atoms with Crippen LogP contribution in [0, 0.1) is 0 Å². The maximum atomic E-state index is 11.2. The summed E-state index contributed by atoms with van der Waals surface area (Å²) >= 11 is 0. The molecule has 14 nitrogen and oxygen atoms in total. The smallest absolute Gasteiger partial charge is 0.305 e. The topological polar surface area (TPSA) is 192 Å². The van der Waals surface area contributed by atoms with Crippen molar-refractivity contribution >= 4 is 45.0 Å². The minimum atomic E-state index is -4.04. The number of quaternary nitrogens is 1. The van der Waals surface area contributed by atoms with E-state index in [0.29, 0.717) is 107 Å². The molecule has 0 aliphatic heterocycles. The molecule has 0 saturated heterocycles. The molecule has 0 bridgehead atoms. The summed E-state index contributed by atoms with van der Waals surface area (Å²) in [7, 11) is -9.14. The number of nitrogens with zero attached hydrogens (tertiary/aromatic N) is 1. The second-order valence-corrected chi connectivity index (χ2v) is 19.7. The quantitative estimate of drug-likeness (QED) is 0.0412. The molecule has 0 radical (unpaired) electrons. The molecule has 0 spiro atoms. The Balaban J connectivity index is 4.78. The molecule has 252 valence electrons. The zero-order chi connectivity index (χ0) is 32.0. The summed E-state index contributed by atoms with van der Waals surface area (Å²) in [6.45, 7) is 9.85. The highest BCUT2D eigenvalue weighted by atomic mass is 32.2. The van der Waals surface area contributed by atoms with E-state index in [1.54, 1.807) is 0 Å². The maximum Gasteiger partial charge on any atom is 0.305 e. The lowest BCUT2D eigenvalue weighted by molar-refractivity contribution is -0.929. The molecule has 42 heavy (non-hydrogen) atoms. The van der Waals surface area contributed by atoms with Crippen molar-refractivity contribution in [2.75, 3.05) is 90.5 Å². The van der Waals surface area contributed by atoms with Crippen molar-refractivity contribution in [3.05, 3.63) is 0 Å². The average Bonchev–Trinajstić information content (AvgIpc) is 2.88. The fourth-order valence-corrected chi connectivity index (χ4v) is 7.22. The fourth-order valence-electron chi connectivity index (χ4n) is 4.26. The predicted octanol–water partition coefficient (Wildman–Crippen LogP) is 0.573. The van der Waals surface area contributed by atoms with Crippen molar-refractivity contribution < 1.29 is 63.4 Å². The highest BCUT2D eigenvalue weighted by Crippen LogP contribution is 2.19. The van der Waals surface area contributed by atoms with Crippen LogP contribution in [0.2, 0.25) is 19.1 Å². The molecule has 3 N–H and O–H groups in total. The van der Waals surface area contributed by atoms with Gasteiger partial charge in [0.25, 0.3) is 20.2 Å². The predicted molar refractivity (Wildman–Crippen MR) is 164 cm³/mol. The van der Waals surface area contributed by atoms with Crippen molar-refractivity contribution in [2.24, 2.45) is 0 Å². The van der Waals surface area contributed by atoms with E-state index in [2.05, 4.69) is 13.1 Å². The van der Waals surface area contributed by atoms with Gasteiger partial charge in [0, 0.05) is 0 Å². The number of hydrogen-bond donors (Lipinski definition) is 3. The highest BCUT2D eigenvalue weighted by molar-refractivity contribution is 7.86. The number of ether oxygens (including phenoxy) is 4. The lowest BCUT2D eigenvalue weighted by atomic mass is 10.2. The van der Waals surface area contributed by atoms with E-state index in [1.165, 1.54) is 0 Å². The van der Waals surface area contributed by atoms with Gasteiger partial charge in [0.05, 0.1) is 90.4 Å². The first-order valence-corrected chi connectivity index (χ1v) is 21.6. The second kappa shape index (κ2) is 22.9. The third kappa shape index (κ3) is 27.1. The summed E-state index contributed by atoms with van der Waals surface area (Å²) in [6, 6.07) is 0.970. The third-order valence-electron chi connectivity index (χ3n) is 6.82. The molecular weight excluding hydrogens is 631 g/mol. The van der Waals surface area contributed by atoms with Gasteiger partial charge < -0.3 is 32.7 Å². The number of carboxylic acids is 1. The highest BCUT2D eigenvalue weighted by Gasteiger charge is 2.29. The molecule has 0 aliphatic carbocycles. The molecule has 0 rings (SSSR count). The number of rotatable bonds is 30. The Morgan fingerprint density at radius 2 is 1.07 bits per heavy atom. The van der Waals surface area contributed by atoms with Crippen LogP contribution in [-0.4, -0.2) is 151 Å². The Labute approximate surface area is 256 Å². The lowest BCUT2D eigenvalue weighted by Gasteiger charge is -2.40. The molecule has 0 aromatic rings. The summed E-state index contributed by atoms with van der Waals surface area (Å²) in [5.74, 6) is -1.52. The molecule has 0 heterocycles. The zero-order valence-electron chi connectivity index (χ0n) is 25.5. The van der Waals surface area contributed by atoms with E-state index in [0.717, 1.165) is 19.0 Å². The van der Waals surface area contributed by atoms with Crippen LogP contribution in [0.15, 0.2) is 0 Å². The van der Waals surface area contributed by atoms with E-state index < -0.39 is 34.5 Å². The molecule has 0 saturated carbocycles. The van der Waals surface area contributed by atoms with E-state index in [4.69, 9.17) is 37.3 Å². The van der Waals surface area contributed by atoms with Crippen LogP contribution >= 0.6 is 0 Å². The number of hydrogen-bond acceptors (Lipinski definition) is 10. The molecule has 0 fully saturated rings. The van der Waals surface area contributed by atoms with Crippen molar-refractivity contribution in [1.82, 2.24) is 0 Å². The summed E-state index contributed by atoms with van der Waals surface area (Å²) in [5, 5.41) is 8.54. The summed E-state index contributed by atoms with van der Waals surface area (Å²) in [6.07, 6.45) is 2.65. The molecule has 0 aromatic carbocycles. The van der Waals surface area contributed by atoms with Crippen molar-refractivity contribution in [3.63, 3.8) is 0 Å². The van der Waals surface area contributed by atoms with Gasteiger partial charge in [0.2, 0.25) is 0 Å². The molecular formula is C24H54NO13S2Si2+. The molecule has 18 heteroatoms. The van der Waals surface area contributed by atoms with Crippen LogP contribution in [0.5, 0.6) is 0 Å². The minimum absolute atomic E-state index is 0.0417. The normalized spacial score (nSPS) is 13.1. The largest absolute Gasteiger partial charge is 0.481 e. The van der Waals surface area contributed by atoms with Crippen LogP contribution in [0.1, 0.15) is 38.5 Å². The summed E-state index contributed by atoms with van der Waals surface area (Å²) in [4.78, 5) is 10.4. The first-order valence-electron chi connectivity index (χ1n) is 14.4. The van der Waals surface area contributed by atoms with Gasteiger partial charge in [-0.05, 0) is 51.2 Å². The van der Waals surface area contributed by atoms with Gasteiger partial charge in [-0.25, -0.2) is 0 Å². The summed E-state index contributed by atoms with van der Waals surface area (Å²) < 4.78 is 91.4. The van der Waals surface area contributed by atoms with E-state index in [9.17, 15) is 21.6 Å². The summed E-state index contributed by atoms with van der Waals surface area (Å²) in [5.41, 5.74) is 0. The van der Waals surface area contributed by atoms with Crippen molar-refractivity contribution in [2.45, 2.75) is 57.7 Å². The van der Waals surface area contributed by atoms with Gasteiger partial charge in [-0.1, -0.05) is 0 Å². The first-order chi connectivity index (χ1) is 19.6. The van der Waals surface area contributed by atoms with Gasteiger partial charge in [0.1, 0.15) is 17.0 Å².